The summed E-state index contributed by atoms with van der Waals surface area (Å²) in [6, 6.07) is 8.13. The van der Waals surface area contributed by atoms with Crippen molar-refractivity contribution in [3.63, 3.8) is 0 Å². The van der Waals surface area contributed by atoms with E-state index in [1.807, 2.05) is 0 Å². The Morgan fingerprint density at radius 2 is 2.04 bits per heavy atom. The molecule has 0 radical (unpaired) electrons. The summed E-state index contributed by atoms with van der Waals surface area (Å²) >= 11 is 1.14. The third kappa shape index (κ3) is 3.45. The number of methoxy groups -OCH3 is 1. The molecule has 3 rings (SSSR count). The normalized spacial score (nSPS) is 13.4. The van der Waals surface area contributed by atoms with Crippen LogP contribution < -0.4 is 9.62 Å². The van der Waals surface area contributed by atoms with Gasteiger partial charge in [0.1, 0.15) is 4.21 Å². The van der Waals surface area contributed by atoms with Crippen molar-refractivity contribution in [1.82, 2.24) is 5.32 Å². The number of hydrogen-bond donors (Lipinski definition) is 1. The van der Waals surface area contributed by atoms with E-state index in [0.717, 1.165) is 21.8 Å². The van der Waals surface area contributed by atoms with Gasteiger partial charge in [0.2, 0.25) is 5.91 Å². The van der Waals surface area contributed by atoms with Gasteiger partial charge < -0.3 is 10.1 Å². The monoisotopic (exact) mass is 394 g/mol. The van der Waals surface area contributed by atoms with Crippen LogP contribution in [0.25, 0.3) is 0 Å². The number of hydrogen-bond acceptors (Lipinski definition) is 6. The van der Waals surface area contributed by atoms with Crippen molar-refractivity contribution < 1.29 is 22.7 Å². The maximum absolute atomic E-state index is 13.0. The van der Waals surface area contributed by atoms with Crippen LogP contribution in [0.5, 0.6) is 0 Å². The first-order valence-electron chi connectivity index (χ1n) is 7.90. The predicted molar refractivity (Wildman–Crippen MR) is 97.9 cm³/mol. The lowest BCUT2D eigenvalue weighted by Gasteiger charge is -2.18. The Balaban J connectivity index is 1.86. The molecule has 2 aromatic rings. The number of nitrogens with zero attached hydrogens (tertiary/aromatic N) is 1. The molecule has 0 aliphatic carbocycles. The average Bonchev–Trinajstić information content (AvgIpc) is 3.26. The summed E-state index contributed by atoms with van der Waals surface area (Å²) in [5, 5.41) is 2.65. The van der Waals surface area contributed by atoms with Crippen molar-refractivity contribution in [3.8, 4) is 0 Å². The van der Waals surface area contributed by atoms with Gasteiger partial charge in [-0.25, -0.2) is 13.2 Å². The second-order valence-electron chi connectivity index (χ2n) is 5.79. The number of amides is 1. The van der Waals surface area contributed by atoms with E-state index in [1.165, 1.54) is 18.3 Å². The van der Waals surface area contributed by atoms with Crippen LogP contribution in [0.15, 0.2) is 34.5 Å². The van der Waals surface area contributed by atoms with Crippen LogP contribution in [0.3, 0.4) is 0 Å². The maximum Gasteiger partial charge on any atom is 0.337 e. The van der Waals surface area contributed by atoms with E-state index >= 15 is 0 Å². The second-order valence-corrected chi connectivity index (χ2v) is 9.05. The lowest BCUT2D eigenvalue weighted by molar-refractivity contribution is -0.119. The Kier molecular flexibility index (Phi) is 5.01. The molecular weight excluding hydrogens is 376 g/mol. The molecule has 0 atom stereocenters. The van der Waals surface area contributed by atoms with Crippen LogP contribution in [0.1, 0.15) is 27.7 Å². The van der Waals surface area contributed by atoms with E-state index in [-0.39, 0.29) is 10.1 Å². The molecule has 1 amide bonds. The van der Waals surface area contributed by atoms with Crippen molar-refractivity contribution in [3.05, 3.63) is 46.3 Å². The van der Waals surface area contributed by atoms with E-state index in [4.69, 9.17) is 4.74 Å². The maximum atomic E-state index is 13.0. The summed E-state index contributed by atoms with van der Waals surface area (Å²) < 4.78 is 32.2. The van der Waals surface area contributed by atoms with Crippen molar-refractivity contribution in [1.29, 1.82) is 0 Å². The second kappa shape index (κ2) is 7.08. The summed E-state index contributed by atoms with van der Waals surface area (Å²) in [5.74, 6) is -0.618. The Morgan fingerprint density at radius 3 is 2.73 bits per heavy atom. The van der Waals surface area contributed by atoms with Crippen LogP contribution in [0, 0.1) is 0 Å². The molecule has 26 heavy (non-hydrogen) atoms. The number of thiophene rings is 1. The van der Waals surface area contributed by atoms with Gasteiger partial charge in [-0.05, 0) is 42.3 Å². The summed E-state index contributed by atoms with van der Waals surface area (Å²) in [6.07, 6.45) is 0.531. The van der Waals surface area contributed by atoms with Gasteiger partial charge in [-0.2, -0.15) is 0 Å². The quantitative estimate of drug-likeness (QED) is 0.782. The predicted octanol–water partition coefficient (Wildman–Crippen LogP) is 1.92. The SMILES string of the molecule is COC(=O)c1ccc2c(c1)CCN2S(=O)(=O)c1ccc(CNC(C)=O)s1. The molecule has 0 bridgehead atoms. The zero-order chi connectivity index (χ0) is 18.9. The van der Waals surface area contributed by atoms with Crippen LogP contribution >= 0.6 is 11.3 Å². The Morgan fingerprint density at radius 1 is 1.27 bits per heavy atom. The molecule has 2 heterocycles. The van der Waals surface area contributed by atoms with Gasteiger partial charge in [-0.15, -0.1) is 11.3 Å². The Hall–Kier alpha value is -2.39. The number of benzene rings is 1. The van der Waals surface area contributed by atoms with Crippen molar-refractivity contribution >= 4 is 38.9 Å². The number of carbonyl (C=O) groups excluding carboxylic acids is 2. The van der Waals surface area contributed by atoms with Gasteiger partial charge in [-0.3, -0.25) is 9.10 Å². The zero-order valence-electron chi connectivity index (χ0n) is 14.3. The van der Waals surface area contributed by atoms with Crippen LogP contribution in [-0.2, 0) is 32.5 Å². The van der Waals surface area contributed by atoms with Gasteiger partial charge in [0.05, 0.1) is 24.9 Å². The summed E-state index contributed by atoms with van der Waals surface area (Å²) in [6.45, 7) is 2.03. The molecule has 1 aliphatic heterocycles. The fraction of sp³-hybridized carbons (Fsp3) is 0.294. The molecule has 0 saturated heterocycles. The van der Waals surface area contributed by atoms with E-state index in [9.17, 15) is 18.0 Å². The number of anilines is 1. The zero-order valence-corrected chi connectivity index (χ0v) is 15.9. The molecule has 7 nitrogen and oxygen atoms in total. The largest absolute Gasteiger partial charge is 0.465 e. The molecule has 0 saturated carbocycles. The molecule has 9 heteroatoms. The molecule has 138 valence electrons. The minimum Gasteiger partial charge on any atom is -0.465 e. The van der Waals surface area contributed by atoms with E-state index in [0.29, 0.717) is 30.8 Å². The number of sulfonamides is 1. The van der Waals surface area contributed by atoms with Gasteiger partial charge in [-0.1, -0.05) is 0 Å². The smallest absolute Gasteiger partial charge is 0.337 e. The first-order chi connectivity index (χ1) is 12.3. The molecule has 0 fully saturated rings. The van der Waals surface area contributed by atoms with Crippen LogP contribution in [0.2, 0.25) is 0 Å². The minimum absolute atomic E-state index is 0.169. The van der Waals surface area contributed by atoms with Gasteiger partial charge >= 0.3 is 5.97 Å². The highest BCUT2D eigenvalue weighted by molar-refractivity contribution is 7.94. The highest BCUT2D eigenvalue weighted by Gasteiger charge is 2.32. The third-order valence-corrected chi connectivity index (χ3v) is 7.41. The Bertz CT molecular complexity index is 965. The van der Waals surface area contributed by atoms with Crippen molar-refractivity contribution in [2.24, 2.45) is 0 Å². The van der Waals surface area contributed by atoms with Gasteiger partial charge in [0, 0.05) is 18.3 Å². The number of carbonyl (C=O) groups is 2. The molecule has 0 spiro atoms. The third-order valence-electron chi connectivity index (χ3n) is 4.05. The van der Waals surface area contributed by atoms with Crippen molar-refractivity contribution in [2.45, 2.75) is 24.1 Å². The molecule has 1 aromatic heterocycles. The van der Waals surface area contributed by atoms with Gasteiger partial charge in [0.25, 0.3) is 10.0 Å². The lowest BCUT2D eigenvalue weighted by Crippen LogP contribution is -2.28. The molecule has 1 aliphatic rings. The first-order valence-corrected chi connectivity index (χ1v) is 10.2. The number of nitrogens with one attached hydrogen (secondary N) is 1. The number of rotatable bonds is 5. The van der Waals surface area contributed by atoms with Crippen LogP contribution in [-0.4, -0.2) is 33.9 Å². The highest BCUT2D eigenvalue weighted by atomic mass is 32.2. The standard InChI is InChI=1S/C17H18N2O5S2/c1-11(20)18-10-14-4-6-16(25-14)26(22,23)19-8-7-12-9-13(17(21)24-2)3-5-15(12)19/h3-6,9H,7-8,10H2,1-2H3,(H,18,20). The first kappa shape index (κ1) is 18.4. The summed E-state index contributed by atoms with van der Waals surface area (Å²) in [5.41, 5.74) is 1.78. The topological polar surface area (TPSA) is 92.8 Å². The number of esters is 1. The fourth-order valence-electron chi connectivity index (χ4n) is 2.78. The fourth-order valence-corrected chi connectivity index (χ4v) is 5.69. The van der Waals surface area contributed by atoms with E-state index < -0.39 is 16.0 Å². The highest BCUT2D eigenvalue weighted by Crippen LogP contribution is 2.35. The minimum atomic E-state index is -3.69. The summed E-state index contributed by atoms with van der Waals surface area (Å²) in [4.78, 5) is 23.4. The molecule has 0 unspecified atom stereocenters. The molecule has 1 aromatic carbocycles. The average molecular weight is 394 g/mol. The van der Waals surface area contributed by atoms with Crippen LogP contribution in [0.4, 0.5) is 5.69 Å². The summed E-state index contributed by atoms with van der Waals surface area (Å²) in [7, 11) is -2.38. The van der Waals surface area contributed by atoms with E-state index in [2.05, 4.69) is 5.32 Å². The van der Waals surface area contributed by atoms with Gasteiger partial charge in [0.15, 0.2) is 0 Å². The number of ether oxygens (including phenoxy) is 1. The molecule has 1 N–H and O–H groups in total. The van der Waals surface area contributed by atoms with E-state index in [1.54, 1.807) is 30.3 Å². The Labute approximate surface area is 155 Å². The lowest BCUT2D eigenvalue weighted by atomic mass is 10.1. The molecular formula is C17H18N2O5S2. The number of fused-ring (bicyclic) bond motifs is 1. The van der Waals surface area contributed by atoms with Crippen molar-refractivity contribution in [2.75, 3.05) is 18.0 Å².